The molecule has 0 spiro atoms. The number of carbonyl (C=O) groups is 2. The molecule has 3 amide bonds. The van der Waals surface area contributed by atoms with E-state index in [1.807, 2.05) is 19.1 Å². The second-order valence-corrected chi connectivity index (χ2v) is 6.27. The average Bonchev–Trinajstić information content (AvgIpc) is 2.56. The van der Waals surface area contributed by atoms with Gasteiger partial charge in [-0.15, -0.1) is 0 Å². The number of anilines is 1. The first-order chi connectivity index (χ1) is 11.5. The van der Waals surface area contributed by atoms with E-state index in [0.717, 1.165) is 31.5 Å². The lowest BCUT2D eigenvalue weighted by Gasteiger charge is -2.36. The molecular weight excluding hydrogens is 308 g/mol. The third-order valence-corrected chi connectivity index (χ3v) is 4.49. The molecule has 1 aliphatic rings. The fraction of sp³-hybridized carbons (Fsp3) is 0.529. The first-order valence-electron chi connectivity index (χ1n) is 8.14. The van der Waals surface area contributed by atoms with Crippen LogP contribution in [0.5, 0.6) is 0 Å². The zero-order valence-corrected chi connectivity index (χ0v) is 14.2. The molecule has 1 unspecified atom stereocenters. The number of rotatable bonds is 6. The van der Waals surface area contributed by atoms with E-state index in [1.54, 1.807) is 19.2 Å². The van der Waals surface area contributed by atoms with Crippen molar-refractivity contribution < 1.29 is 14.3 Å². The van der Waals surface area contributed by atoms with E-state index in [1.165, 1.54) is 0 Å². The van der Waals surface area contributed by atoms with Crippen LogP contribution in [-0.2, 0) is 9.53 Å². The van der Waals surface area contributed by atoms with Gasteiger partial charge in [0.05, 0.1) is 18.1 Å². The van der Waals surface area contributed by atoms with Crippen molar-refractivity contribution in [1.29, 1.82) is 0 Å². The Labute approximate surface area is 142 Å². The zero-order valence-electron chi connectivity index (χ0n) is 14.2. The lowest BCUT2D eigenvalue weighted by molar-refractivity contribution is -0.136. The van der Waals surface area contributed by atoms with Crippen LogP contribution in [0.15, 0.2) is 24.3 Å². The summed E-state index contributed by atoms with van der Waals surface area (Å²) in [6, 6.07) is 6.51. The summed E-state index contributed by atoms with van der Waals surface area (Å²) in [6.45, 7) is 4.00. The molecule has 132 valence electrons. The molecule has 1 aromatic carbocycles. The van der Waals surface area contributed by atoms with Crippen LogP contribution in [-0.4, -0.2) is 38.7 Å². The van der Waals surface area contributed by atoms with Gasteiger partial charge in [-0.2, -0.15) is 0 Å². The Hall–Kier alpha value is -2.12. The highest BCUT2D eigenvalue weighted by molar-refractivity contribution is 5.87. The Kier molecular flexibility index (Phi) is 6.16. The highest BCUT2D eigenvalue weighted by Crippen LogP contribution is 2.30. The molecule has 0 bridgehead atoms. The normalized spacial score (nSPS) is 17.8. The topological polar surface area (TPSA) is 105 Å². The molecule has 1 aromatic rings. The van der Waals surface area contributed by atoms with Gasteiger partial charge in [0.25, 0.3) is 0 Å². The summed E-state index contributed by atoms with van der Waals surface area (Å²) in [6.07, 6.45) is 1.53. The Balaban J connectivity index is 2.02. The Morgan fingerprint density at radius 2 is 1.92 bits per heavy atom. The van der Waals surface area contributed by atoms with Crippen molar-refractivity contribution in [2.45, 2.75) is 25.8 Å². The maximum atomic E-state index is 12.8. The lowest BCUT2D eigenvalue weighted by atomic mass is 9.78. The first-order valence-corrected chi connectivity index (χ1v) is 8.14. The Morgan fingerprint density at radius 1 is 1.29 bits per heavy atom. The molecule has 1 fully saturated rings. The fourth-order valence-corrected chi connectivity index (χ4v) is 3.05. The molecule has 0 aromatic heterocycles. The van der Waals surface area contributed by atoms with Crippen LogP contribution in [0.3, 0.4) is 0 Å². The van der Waals surface area contributed by atoms with Crippen molar-refractivity contribution in [1.82, 2.24) is 10.6 Å². The summed E-state index contributed by atoms with van der Waals surface area (Å²) in [5, 5.41) is 8.89. The second-order valence-electron chi connectivity index (χ2n) is 6.27. The minimum Gasteiger partial charge on any atom is -0.384 e. The number of piperidine rings is 1. The van der Waals surface area contributed by atoms with Gasteiger partial charge in [0.2, 0.25) is 5.91 Å². The van der Waals surface area contributed by atoms with Crippen molar-refractivity contribution in [2.24, 2.45) is 11.1 Å². The number of primary amides is 1. The van der Waals surface area contributed by atoms with E-state index < -0.39 is 11.4 Å². The lowest BCUT2D eigenvalue weighted by Crippen LogP contribution is -2.50. The zero-order chi connectivity index (χ0) is 17.6. The van der Waals surface area contributed by atoms with Gasteiger partial charge in [-0.1, -0.05) is 12.1 Å². The van der Waals surface area contributed by atoms with Gasteiger partial charge in [-0.25, -0.2) is 4.79 Å². The van der Waals surface area contributed by atoms with E-state index in [4.69, 9.17) is 10.5 Å². The van der Waals surface area contributed by atoms with E-state index in [-0.39, 0.29) is 11.9 Å². The van der Waals surface area contributed by atoms with Gasteiger partial charge in [0.1, 0.15) is 0 Å². The second kappa shape index (κ2) is 8.12. The highest BCUT2D eigenvalue weighted by Gasteiger charge is 2.40. The van der Waals surface area contributed by atoms with Crippen LogP contribution in [0.25, 0.3) is 0 Å². The van der Waals surface area contributed by atoms with Crippen LogP contribution in [0.1, 0.15) is 31.4 Å². The monoisotopic (exact) mass is 334 g/mol. The summed E-state index contributed by atoms with van der Waals surface area (Å²) in [4.78, 5) is 23.7. The molecule has 2 rings (SSSR count). The quantitative estimate of drug-likeness (QED) is 0.630. The molecular formula is C17H26N4O3. The summed E-state index contributed by atoms with van der Waals surface area (Å²) in [5.74, 6) is 0.0256. The van der Waals surface area contributed by atoms with Crippen LogP contribution in [0.2, 0.25) is 0 Å². The average molecular weight is 334 g/mol. The first kappa shape index (κ1) is 18.2. The molecule has 7 nitrogen and oxygen atoms in total. The molecule has 0 saturated carbocycles. The molecule has 1 saturated heterocycles. The van der Waals surface area contributed by atoms with Crippen molar-refractivity contribution in [2.75, 3.05) is 32.1 Å². The van der Waals surface area contributed by atoms with Crippen LogP contribution < -0.4 is 21.7 Å². The largest absolute Gasteiger partial charge is 0.384 e. The Morgan fingerprint density at radius 3 is 2.46 bits per heavy atom. The molecule has 7 heteroatoms. The molecule has 1 aliphatic heterocycles. The number of amides is 3. The smallest absolute Gasteiger partial charge is 0.316 e. The van der Waals surface area contributed by atoms with E-state index in [2.05, 4.69) is 16.0 Å². The minimum atomic E-state index is -0.600. The summed E-state index contributed by atoms with van der Waals surface area (Å²) >= 11 is 0. The summed E-state index contributed by atoms with van der Waals surface area (Å²) in [5.41, 5.74) is 6.20. The standard InChI is InChI=1S/C17H26N4O3/c1-12(13-3-5-14(6-4-13)21-16(18)23)20-15(22)17(11-24-2)7-9-19-10-8-17/h3-6,12,19H,7-11H2,1-2H3,(H,20,22)(H3,18,21,23). The number of methoxy groups -OCH3 is 1. The van der Waals surface area contributed by atoms with Crippen molar-refractivity contribution in [3.8, 4) is 0 Å². The van der Waals surface area contributed by atoms with Gasteiger partial charge >= 0.3 is 6.03 Å². The maximum Gasteiger partial charge on any atom is 0.316 e. The number of urea groups is 1. The van der Waals surface area contributed by atoms with E-state index in [9.17, 15) is 9.59 Å². The van der Waals surface area contributed by atoms with E-state index >= 15 is 0 Å². The number of ether oxygens (including phenoxy) is 1. The predicted molar refractivity (Wildman–Crippen MR) is 92.6 cm³/mol. The molecule has 5 N–H and O–H groups in total. The van der Waals surface area contributed by atoms with Gasteiger partial charge in [0.15, 0.2) is 0 Å². The number of benzene rings is 1. The molecule has 0 aliphatic carbocycles. The third-order valence-electron chi connectivity index (χ3n) is 4.49. The van der Waals surface area contributed by atoms with Gasteiger partial charge in [0, 0.05) is 12.8 Å². The van der Waals surface area contributed by atoms with E-state index in [0.29, 0.717) is 12.3 Å². The maximum absolute atomic E-state index is 12.8. The van der Waals surface area contributed by atoms with Gasteiger partial charge in [-0.05, 0) is 50.6 Å². The summed E-state index contributed by atoms with van der Waals surface area (Å²) in [7, 11) is 1.63. The van der Waals surface area contributed by atoms with Gasteiger partial charge in [-0.3, -0.25) is 4.79 Å². The van der Waals surface area contributed by atoms with Crippen LogP contribution in [0, 0.1) is 5.41 Å². The van der Waals surface area contributed by atoms with Crippen molar-refractivity contribution in [3.63, 3.8) is 0 Å². The number of carbonyl (C=O) groups excluding carboxylic acids is 2. The molecule has 24 heavy (non-hydrogen) atoms. The SMILES string of the molecule is COCC1(C(=O)NC(C)c2ccc(NC(N)=O)cc2)CCNCC1. The molecule has 0 radical (unpaired) electrons. The predicted octanol–water partition coefficient (Wildman–Crippen LogP) is 1.37. The number of hydrogen-bond acceptors (Lipinski definition) is 4. The molecule has 1 atom stereocenters. The number of nitrogens with one attached hydrogen (secondary N) is 3. The highest BCUT2D eigenvalue weighted by atomic mass is 16.5. The fourth-order valence-electron chi connectivity index (χ4n) is 3.05. The van der Waals surface area contributed by atoms with Crippen LogP contribution in [0.4, 0.5) is 10.5 Å². The minimum absolute atomic E-state index is 0.0256. The van der Waals surface area contributed by atoms with Crippen molar-refractivity contribution in [3.05, 3.63) is 29.8 Å². The van der Waals surface area contributed by atoms with Gasteiger partial charge < -0.3 is 26.4 Å². The van der Waals surface area contributed by atoms with Crippen LogP contribution >= 0.6 is 0 Å². The number of nitrogens with two attached hydrogens (primary N) is 1. The Bertz CT molecular complexity index is 562. The summed E-state index contributed by atoms with van der Waals surface area (Å²) < 4.78 is 5.31. The molecule has 1 heterocycles. The van der Waals surface area contributed by atoms with Crippen molar-refractivity contribution >= 4 is 17.6 Å². The third kappa shape index (κ3) is 4.46. The number of hydrogen-bond donors (Lipinski definition) is 4.